The first-order valence-electron chi connectivity index (χ1n) is 17.2. The van der Waals surface area contributed by atoms with E-state index in [1.165, 1.54) is 11.1 Å². The Labute approximate surface area is 290 Å². The van der Waals surface area contributed by atoms with Gasteiger partial charge in [-0.2, -0.15) is 0 Å². The van der Waals surface area contributed by atoms with E-state index in [2.05, 4.69) is 73.3 Å². The summed E-state index contributed by atoms with van der Waals surface area (Å²) in [5.41, 5.74) is 8.00. The topological polar surface area (TPSA) is 93.3 Å². The molecule has 0 aliphatic rings. The Bertz CT molecular complexity index is 1870. The van der Waals surface area contributed by atoms with E-state index in [9.17, 15) is 9.59 Å². The van der Waals surface area contributed by atoms with Crippen LogP contribution < -0.4 is 5.32 Å². The lowest BCUT2D eigenvalue weighted by Crippen LogP contribution is -2.42. The van der Waals surface area contributed by atoms with Gasteiger partial charge in [0.15, 0.2) is 0 Å². The van der Waals surface area contributed by atoms with Crippen LogP contribution in [0.25, 0.3) is 22.2 Å². The van der Waals surface area contributed by atoms with Crippen molar-refractivity contribution in [3.8, 4) is 11.3 Å². The van der Waals surface area contributed by atoms with Crippen molar-refractivity contribution in [2.24, 2.45) is 5.92 Å². The van der Waals surface area contributed by atoms with Crippen LogP contribution in [0.1, 0.15) is 74.4 Å². The number of fused-ring (bicyclic) bond motifs is 1. The molecule has 1 unspecified atom stereocenters. The van der Waals surface area contributed by atoms with Crippen LogP contribution in [-0.4, -0.2) is 35.1 Å². The maximum Gasteiger partial charge on any atom is 0.315 e. The van der Waals surface area contributed by atoms with Crippen LogP contribution in [-0.2, 0) is 43.0 Å². The third-order valence-corrected chi connectivity index (χ3v) is 9.32. The predicted octanol–water partition coefficient (Wildman–Crippen LogP) is 8.50. The van der Waals surface area contributed by atoms with Crippen LogP contribution in [0.3, 0.4) is 0 Å². The fourth-order valence-corrected chi connectivity index (χ4v) is 6.50. The minimum absolute atomic E-state index is 0.229. The molecule has 0 aliphatic carbocycles. The number of hydrogen-bond acceptors (Lipinski definition) is 6. The minimum atomic E-state index is -0.836. The molecule has 5 aromatic rings. The van der Waals surface area contributed by atoms with Gasteiger partial charge in [-0.05, 0) is 120 Å². The van der Waals surface area contributed by atoms with Crippen LogP contribution >= 0.6 is 0 Å². The summed E-state index contributed by atoms with van der Waals surface area (Å²) < 4.78 is 11.3. The SMILES string of the molecule is CCOC(=O)C(C)(C)c1ccc2[nH]c(-c3cc(C)cc(C)c3)c(C(C)(C)NCC(CCc3ccncc3)C(=O)OCc3ccccc3)c2c1. The molecule has 2 heterocycles. The lowest BCUT2D eigenvalue weighted by atomic mass is 9.82. The summed E-state index contributed by atoms with van der Waals surface area (Å²) in [4.78, 5) is 34.6. The molecule has 0 fully saturated rings. The third-order valence-electron chi connectivity index (χ3n) is 9.32. The molecule has 0 bridgehead atoms. The van der Waals surface area contributed by atoms with Crippen molar-refractivity contribution in [3.05, 3.63) is 125 Å². The number of carbonyl (C=O) groups excluding carboxylic acids is 2. The number of aromatic nitrogens is 2. The molecule has 7 heteroatoms. The quantitative estimate of drug-likeness (QED) is 0.116. The van der Waals surface area contributed by atoms with Crippen LogP contribution in [0.2, 0.25) is 0 Å². The first kappa shape index (κ1) is 35.6. The number of ether oxygens (including phenoxy) is 2. The summed E-state index contributed by atoms with van der Waals surface area (Å²) in [5, 5.41) is 4.80. The molecule has 7 nitrogen and oxygen atoms in total. The van der Waals surface area contributed by atoms with Crippen molar-refractivity contribution in [1.29, 1.82) is 0 Å². The Morgan fingerprint density at radius 1 is 0.857 bits per heavy atom. The van der Waals surface area contributed by atoms with E-state index in [-0.39, 0.29) is 24.5 Å². The Morgan fingerprint density at radius 3 is 2.22 bits per heavy atom. The van der Waals surface area contributed by atoms with E-state index < -0.39 is 11.0 Å². The number of carbonyl (C=O) groups is 2. The molecule has 256 valence electrons. The molecule has 3 aromatic carbocycles. The first-order valence-corrected chi connectivity index (χ1v) is 17.2. The first-order chi connectivity index (χ1) is 23.4. The molecule has 1 atom stereocenters. The number of nitrogens with one attached hydrogen (secondary N) is 2. The monoisotopic (exact) mass is 659 g/mol. The van der Waals surface area contributed by atoms with E-state index in [4.69, 9.17) is 9.47 Å². The average Bonchev–Trinajstić information content (AvgIpc) is 3.48. The zero-order chi connectivity index (χ0) is 35.2. The highest BCUT2D eigenvalue weighted by Gasteiger charge is 2.34. The largest absolute Gasteiger partial charge is 0.465 e. The Kier molecular flexibility index (Phi) is 11.0. The second kappa shape index (κ2) is 15.2. The summed E-state index contributed by atoms with van der Waals surface area (Å²) in [6.45, 7) is 15.1. The van der Waals surface area contributed by atoms with Crippen LogP contribution in [0, 0.1) is 19.8 Å². The molecule has 0 amide bonds. The van der Waals surface area contributed by atoms with Gasteiger partial charge in [0.1, 0.15) is 6.61 Å². The van der Waals surface area contributed by atoms with Gasteiger partial charge in [-0.15, -0.1) is 0 Å². The normalized spacial score (nSPS) is 12.6. The maximum absolute atomic E-state index is 13.7. The number of benzene rings is 3. The molecular formula is C42H49N3O4. The minimum Gasteiger partial charge on any atom is -0.465 e. The van der Waals surface area contributed by atoms with Gasteiger partial charge in [0.05, 0.1) is 23.6 Å². The molecule has 49 heavy (non-hydrogen) atoms. The average molecular weight is 660 g/mol. The highest BCUT2D eigenvalue weighted by atomic mass is 16.5. The molecular weight excluding hydrogens is 610 g/mol. The van der Waals surface area contributed by atoms with Gasteiger partial charge in [0, 0.05) is 40.9 Å². The number of hydrogen-bond donors (Lipinski definition) is 2. The lowest BCUT2D eigenvalue weighted by molar-refractivity contribution is -0.150. The smallest absolute Gasteiger partial charge is 0.315 e. The van der Waals surface area contributed by atoms with E-state index in [0.717, 1.165) is 50.8 Å². The fourth-order valence-electron chi connectivity index (χ4n) is 6.50. The van der Waals surface area contributed by atoms with Crippen LogP contribution in [0.4, 0.5) is 0 Å². The van der Waals surface area contributed by atoms with E-state index in [1.807, 2.05) is 69.3 Å². The summed E-state index contributed by atoms with van der Waals surface area (Å²) in [5.74, 6) is -0.873. The second-order valence-electron chi connectivity index (χ2n) is 14.0. The Morgan fingerprint density at radius 2 is 1.55 bits per heavy atom. The van der Waals surface area contributed by atoms with Crippen LogP contribution in [0.15, 0.2) is 91.3 Å². The van der Waals surface area contributed by atoms with Crippen molar-refractivity contribution in [2.75, 3.05) is 13.2 Å². The highest BCUT2D eigenvalue weighted by molar-refractivity contribution is 5.94. The molecule has 5 rings (SSSR count). The van der Waals surface area contributed by atoms with Gasteiger partial charge >= 0.3 is 11.9 Å². The van der Waals surface area contributed by atoms with Crippen molar-refractivity contribution in [2.45, 2.75) is 78.9 Å². The summed E-state index contributed by atoms with van der Waals surface area (Å²) in [7, 11) is 0. The fraction of sp³-hybridized carbons (Fsp3) is 0.357. The zero-order valence-corrected chi connectivity index (χ0v) is 29.9. The molecule has 2 N–H and O–H groups in total. The molecule has 0 aliphatic heterocycles. The molecule has 2 aromatic heterocycles. The number of aromatic amines is 1. The maximum atomic E-state index is 13.7. The number of rotatable bonds is 14. The number of H-pyrrole nitrogens is 1. The van der Waals surface area contributed by atoms with E-state index in [1.54, 1.807) is 12.4 Å². The number of aryl methyl sites for hydroxylation is 3. The number of pyridine rings is 1. The summed E-state index contributed by atoms with van der Waals surface area (Å²) in [6.07, 6.45) is 4.91. The predicted molar refractivity (Wildman–Crippen MR) is 196 cm³/mol. The van der Waals surface area contributed by atoms with E-state index in [0.29, 0.717) is 19.6 Å². The van der Waals surface area contributed by atoms with Crippen molar-refractivity contribution in [3.63, 3.8) is 0 Å². The number of esters is 2. The van der Waals surface area contributed by atoms with Gasteiger partial charge < -0.3 is 19.8 Å². The van der Waals surface area contributed by atoms with Gasteiger partial charge in [0.25, 0.3) is 0 Å². The van der Waals surface area contributed by atoms with Crippen molar-refractivity contribution < 1.29 is 19.1 Å². The third kappa shape index (κ3) is 8.46. The molecule has 0 radical (unpaired) electrons. The van der Waals surface area contributed by atoms with Crippen molar-refractivity contribution >= 4 is 22.8 Å². The van der Waals surface area contributed by atoms with Gasteiger partial charge in [-0.1, -0.05) is 53.6 Å². The molecule has 0 saturated heterocycles. The second-order valence-corrected chi connectivity index (χ2v) is 14.0. The summed E-state index contributed by atoms with van der Waals surface area (Å²) in [6, 6.07) is 26.5. The van der Waals surface area contributed by atoms with Gasteiger partial charge in [0.2, 0.25) is 0 Å². The Balaban J connectivity index is 1.51. The van der Waals surface area contributed by atoms with Crippen LogP contribution in [0.5, 0.6) is 0 Å². The number of nitrogens with zero attached hydrogens (tertiary/aromatic N) is 1. The molecule has 0 spiro atoms. The molecule has 0 saturated carbocycles. The van der Waals surface area contributed by atoms with Crippen molar-refractivity contribution in [1.82, 2.24) is 15.3 Å². The Hall–Kier alpha value is -4.75. The lowest BCUT2D eigenvalue weighted by Gasteiger charge is -2.31. The highest BCUT2D eigenvalue weighted by Crippen LogP contribution is 2.40. The standard InChI is InChI=1S/C42H49N3O4/c1-8-48-40(47)41(4,5)34-16-17-36-35(25-34)37(38(45-36)33-23-28(2)22-29(3)24-33)42(6,7)44-26-32(15-14-30-18-20-43-21-19-30)39(46)49-27-31-12-10-9-11-13-31/h9-13,16-25,32,44-45H,8,14-15,26-27H2,1-7H3. The van der Waals surface area contributed by atoms with Gasteiger partial charge in [-0.3, -0.25) is 14.6 Å². The zero-order valence-electron chi connectivity index (χ0n) is 29.9. The van der Waals surface area contributed by atoms with E-state index >= 15 is 0 Å². The van der Waals surface area contributed by atoms with Gasteiger partial charge in [-0.25, -0.2) is 0 Å². The summed E-state index contributed by atoms with van der Waals surface area (Å²) >= 11 is 0.